The minimum atomic E-state index is -1.14. The van der Waals surface area contributed by atoms with Gasteiger partial charge in [0.05, 0.1) is 6.26 Å². The second-order valence-corrected chi connectivity index (χ2v) is 5.90. The van der Waals surface area contributed by atoms with Gasteiger partial charge in [0.1, 0.15) is 12.1 Å². The number of aliphatic carboxylic acids is 1. The van der Waals surface area contributed by atoms with Crippen molar-refractivity contribution in [1.29, 1.82) is 0 Å². The molecule has 1 aromatic heterocycles. The molecule has 1 heterocycles. The van der Waals surface area contributed by atoms with E-state index in [-0.39, 0.29) is 18.6 Å². The van der Waals surface area contributed by atoms with Gasteiger partial charge in [-0.15, -0.1) is 0 Å². The van der Waals surface area contributed by atoms with Crippen molar-refractivity contribution >= 4 is 17.8 Å². The highest BCUT2D eigenvalue weighted by molar-refractivity contribution is 5.96. The smallest absolute Gasteiger partial charge is 0.326 e. The lowest BCUT2D eigenvalue weighted by Gasteiger charge is -2.21. The molecular formula is C20H22N2O5. The molecule has 0 bridgehead atoms. The zero-order valence-electron chi connectivity index (χ0n) is 14.9. The molecule has 0 saturated carbocycles. The first kappa shape index (κ1) is 20.0. The fraction of sp³-hybridized carbons (Fsp3) is 0.250. The molecule has 0 aliphatic heterocycles. The van der Waals surface area contributed by atoms with Crippen molar-refractivity contribution in [2.75, 3.05) is 0 Å². The Morgan fingerprint density at radius 1 is 1.07 bits per heavy atom. The molecule has 142 valence electrons. The SMILES string of the molecule is C/C=C/CC(NC(=O)C(Cc1ccccc1)NC(=O)c1ccco1)C(=O)O. The molecule has 7 nitrogen and oxygen atoms in total. The van der Waals surface area contributed by atoms with E-state index in [0.29, 0.717) is 0 Å². The summed E-state index contributed by atoms with van der Waals surface area (Å²) in [5.41, 5.74) is 0.831. The first-order valence-corrected chi connectivity index (χ1v) is 8.54. The number of carboxylic acid groups (broad SMARTS) is 1. The van der Waals surface area contributed by atoms with Crippen molar-refractivity contribution < 1.29 is 23.9 Å². The average molecular weight is 370 g/mol. The van der Waals surface area contributed by atoms with E-state index in [2.05, 4.69) is 10.6 Å². The number of amides is 2. The summed E-state index contributed by atoms with van der Waals surface area (Å²) in [6.45, 7) is 1.77. The third-order valence-electron chi connectivity index (χ3n) is 3.87. The Hall–Kier alpha value is -3.35. The number of hydrogen-bond donors (Lipinski definition) is 3. The van der Waals surface area contributed by atoms with E-state index in [9.17, 15) is 19.5 Å². The number of carboxylic acids is 1. The van der Waals surface area contributed by atoms with E-state index in [4.69, 9.17) is 4.42 Å². The van der Waals surface area contributed by atoms with Crippen LogP contribution < -0.4 is 10.6 Å². The van der Waals surface area contributed by atoms with Gasteiger partial charge in [0.15, 0.2) is 5.76 Å². The van der Waals surface area contributed by atoms with Crippen LogP contribution in [-0.2, 0) is 16.0 Å². The molecule has 2 unspecified atom stereocenters. The molecule has 0 fully saturated rings. The van der Waals surface area contributed by atoms with Crippen LogP contribution in [0.1, 0.15) is 29.5 Å². The topological polar surface area (TPSA) is 109 Å². The van der Waals surface area contributed by atoms with Crippen LogP contribution >= 0.6 is 0 Å². The summed E-state index contributed by atoms with van der Waals surface area (Å²) >= 11 is 0. The summed E-state index contributed by atoms with van der Waals surface area (Å²) in [6, 6.07) is 10.2. The maximum absolute atomic E-state index is 12.7. The Labute approximate surface area is 157 Å². The van der Waals surface area contributed by atoms with Gasteiger partial charge in [-0.25, -0.2) is 4.79 Å². The Morgan fingerprint density at radius 2 is 1.81 bits per heavy atom. The predicted octanol–water partition coefficient (Wildman–Crippen LogP) is 2.16. The normalized spacial score (nSPS) is 13.1. The molecule has 0 aliphatic rings. The number of allylic oxidation sites excluding steroid dienone is 1. The number of nitrogens with one attached hydrogen (secondary N) is 2. The minimum Gasteiger partial charge on any atom is -0.480 e. The maximum atomic E-state index is 12.7. The molecule has 0 saturated heterocycles. The van der Waals surface area contributed by atoms with Crippen LogP contribution in [0.2, 0.25) is 0 Å². The number of benzene rings is 1. The summed E-state index contributed by atoms with van der Waals surface area (Å²) in [5.74, 6) is -2.19. The largest absolute Gasteiger partial charge is 0.480 e. The van der Waals surface area contributed by atoms with Crippen LogP contribution in [0.25, 0.3) is 0 Å². The summed E-state index contributed by atoms with van der Waals surface area (Å²) in [5, 5.41) is 14.4. The van der Waals surface area contributed by atoms with E-state index in [1.54, 1.807) is 25.1 Å². The van der Waals surface area contributed by atoms with Crippen LogP contribution in [0.5, 0.6) is 0 Å². The van der Waals surface area contributed by atoms with Crippen molar-refractivity contribution in [3.63, 3.8) is 0 Å². The number of rotatable bonds is 9. The Balaban J connectivity index is 2.15. The second-order valence-electron chi connectivity index (χ2n) is 5.90. The van der Waals surface area contributed by atoms with Crippen LogP contribution in [0.3, 0.4) is 0 Å². The summed E-state index contributed by atoms with van der Waals surface area (Å²) < 4.78 is 5.05. The molecule has 0 spiro atoms. The number of furan rings is 1. The van der Waals surface area contributed by atoms with Gasteiger partial charge in [-0.05, 0) is 31.0 Å². The van der Waals surface area contributed by atoms with E-state index >= 15 is 0 Å². The van der Waals surface area contributed by atoms with Gasteiger partial charge >= 0.3 is 5.97 Å². The third kappa shape index (κ3) is 6.14. The van der Waals surface area contributed by atoms with E-state index in [1.807, 2.05) is 30.3 Å². The van der Waals surface area contributed by atoms with Crippen LogP contribution in [0, 0.1) is 0 Å². The maximum Gasteiger partial charge on any atom is 0.326 e. The Morgan fingerprint density at radius 3 is 2.41 bits per heavy atom. The first-order valence-electron chi connectivity index (χ1n) is 8.54. The van der Waals surface area contributed by atoms with Crippen LogP contribution in [-0.4, -0.2) is 35.0 Å². The van der Waals surface area contributed by atoms with Gasteiger partial charge in [0.25, 0.3) is 5.91 Å². The van der Waals surface area contributed by atoms with E-state index in [1.165, 1.54) is 12.3 Å². The van der Waals surface area contributed by atoms with Crippen LogP contribution in [0.4, 0.5) is 0 Å². The van der Waals surface area contributed by atoms with Gasteiger partial charge in [0.2, 0.25) is 5.91 Å². The van der Waals surface area contributed by atoms with Gasteiger partial charge in [-0.2, -0.15) is 0 Å². The molecule has 7 heteroatoms. The quantitative estimate of drug-likeness (QED) is 0.586. The Bertz CT molecular complexity index is 784. The summed E-state index contributed by atoms with van der Waals surface area (Å²) in [6.07, 6.45) is 5.10. The van der Waals surface area contributed by atoms with Crippen LogP contribution in [0.15, 0.2) is 65.3 Å². The number of carbonyl (C=O) groups excluding carboxylic acids is 2. The summed E-state index contributed by atoms with van der Waals surface area (Å²) in [4.78, 5) is 36.4. The minimum absolute atomic E-state index is 0.0737. The highest BCUT2D eigenvalue weighted by atomic mass is 16.4. The third-order valence-corrected chi connectivity index (χ3v) is 3.87. The highest BCUT2D eigenvalue weighted by Crippen LogP contribution is 2.07. The number of hydrogen-bond acceptors (Lipinski definition) is 4. The lowest BCUT2D eigenvalue weighted by Crippen LogP contribution is -2.52. The van der Waals surface area contributed by atoms with E-state index in [0.717, 1.165) is 5.56 Å². The first-order chi connectivity index (χ1) is 13.0. The lowest BCUT2D eigenvalue weighted by molar-refractivity contribution is -0.142. The predicted molar refractivity (Wildman–Crippen MR) is 99.1 cm³/mol. The highest BCUT2D eigenvalue weighted by Gasteiger charge is 2.27. The molecule has 1 aromatic carbocycles. The molecule has 0 aliphatic carbocycles. The van der Waals surface area contributed by atoms with Gasteiger partial charge < -0.3 is 20.2 Å². The van der Waals surface area contributed by atoms with Crippen molar-refractivity contribution in [1.82, 2.24) is 10.6 Å². The zero-order chi connectivity index (χ0) is 19.6. The molecule has 2 aromatic rings. The lowest BCUT2D eigenvalue weighted by atomic mass is 10.0. The Kier molecular flexibility index (Phi) is 7.37. The molecule has 27 heavy (non-hydrogen) atoms. The molecule has 0 radical (unpaired) electrons. The zero-order valence-corrected chi connectivity index (χ0v) is 14.9. The van der Waals surface area contributed by atoms with Crippen molar-refractivity contribution in [2.45, 2.75) is 31.8 Å². The number of carbonyl (C=O) groups is 3. The fourth-order valence-corrected chi connectivity index (χ4v) is 2.46. The second kappa shape index (κ2) is 9.96. The van der Waals surface area contributed by atoms with Crippen molar-refractivity contribution in [3.05, 3.63) is 72.2 Å². The monoisotopic (exact) mass is 370 g/mol. The molecule has 2 rings (SSSR count). The molecule has 3 N–H and O–H groups in total. The molecule has 2 amide bonds. The van der Waals surface area contributed by atoms with Crippen molar-refractivity contribution in [3.8, 4) is 0 Å². The van der Waals surface area contributed by atoms with E-state index < -0.39 is 29.9 Å². The van der Waals surface area contributed by atoms with Gasteiger partial charge in [-0.3, -0.25) is 9.59 Å². The standard InChI is InChI=1S/C20H22N2O5/c1-2-3-10-15(20(25)26)21-18(23)16(13-14-8-5-4-6-9-14)22-19(24)17-11-7-12-27-17/h2-9,11-12,15-16H,10,13H2,1H3,(H,21,23)(H,22,24)(H,25,26)/b3-2+. The average Bonchev–Trinajstić information content (AvgIpc) is 3.20. The summed E-state index contributed by atoms with van der Waals surface area (Å²) in [7, 11) is 0. The molecular weight excluding hydrogens is 348 g/mol. The van der Waals surface area contributed by atoms with Gasteiger partial charge in [0, 0.05) is 6.42 Å². The van der Waals surface area contributed by atoms with Gasteiger partial charge in [-0.1, -0.05) is 42.5 Å². The fourth-order valence-electron chi connectivity index (χ4n) is 2.46. The van der Waals surface area contributed by atoms with Crippen molar-refractivity contribution in [2.24, 2.45) is 0 Å². The molecule has 2 atom stereocenters.